The lowest BCUT2D eigenvalue weighted by Crippen LogP contribution is -2.34. The van der Waals surface area contributed by atoms with Gasteiger partial charge in [-0.3, -0.25) is 4.79 Å². The fourth-order valence-corrected chi connectivity index (χ4v) is 5.54. The van der Waals surface area contributed by atoms with E-state index in [1.165, 1.54) is 6.07 Å². The standard InChI is InChI=1S/C33H35N5O4S2/c1-3-4-20-38(27-9-7-8-25(21-27)32(34)37-33(43)24-14-18-28(42-2)19-15-24)22-31(39)36-26-16-12-23(13-17-26)29-10-5-6-11-30(29)44(35,40)41/h5-19,21H,3-4,20,22H2,1-2H3,(H,36,39)(H2,34,37,43)(H2,35,40,41). The number of carbonyl (C=O) groups excluding carboxylic acids is 1. The Morgan fingerprint density at radius 1 is 0.955 bits per heavy atom. The number of amides is 1. The van der Waals surface area contributed by atoms with Gasteiger partial charge in [0.25, 0.3) is 0 Å². The third-order valence-corrected chi connectivity index (χ3v) is 8.15. The van der Waals surface area contributed by atoms with E-state index in [2.05, 4.69) is 17.2 Å². The highest BCUT2D eigenvalue weighted by atomic mass is 32.2. The number of hydrogen-bond acceptors (Lipinski definition) is 6. The molecule has 9 nitrogen and oxygen atoms in total. The summed E-state index contributed by atoms with van der Waals surface area (Å²) in [6, 6.07) is 28.3. The molecule has 4 aromatic carbocycles. The summed E-state index contributed by atoms with van der Waals surface area (Å²) in [6.07, 6.45) is 1.85. The van der Waals surface area contributed by atoms with Crippen molar-refractivity contribution in [1.29, 1.82) is 0 Å². The van der Waals surface area contributed by atoms with Crippen LogP contribution in [-0.2, 0) is 14.8 Å². The molecule has 0 atom stereocenters. The van der Waals surface area contributed by atoms with Crippen LogP contribution in [0.4, 0.5) is 11.4 Å². The van der Waals surface area contributed by atoms with Crippen molar-refractivity contribution in [3.8, 4) is 16.9 Å². The second kappa shape index (κ2) is 14.7. The van der Waals surface area contributed by atoms with E-state index in [1.54, 1.807) is 49.6 Å². The van der Waals surface area contributed by atoms with Crippen LogP contribution >= 0.6 is 12.2 Å². The van der Waals surface area contributed by atoms with Crippen LogP contribution in [-0.4, -0.2) is 45.3 Å². The number of carbonyl (C=O) groups is 1. The molecule has 0 aliphatic rings. The molecular formula is C33H35N5O4S2. The van der Waals surface area contributed by atoms with Gasteiger partial charge in [0, 0.05) is 34.6 Å². The fraction of sp³-hybridized carbons (Fsp3) is 0.182. The molecule has 0 heterocycles. The molecule has 0 unspecified atom stereocenters. The summed E-state index contributed by atoms with van der Waals surface area (Å²) in [6.45, 7) is 2.87. The van der Waals surface area contributed by atoms with Gasteiger partial charge in [0.1, 0.15) is 16.6 Å². The summed E-state index contributed by atoms with van der Waals surface area (Å²) in [7, 11) is -2.29. The molecule has 228 valence electrons. The number of nitrogens with two attached hydrogens (primary N) is 2. The second-order valence-electron chi connectivity index (χ2n) is 10.0. The molecule has 0 aromatic heterocycles. The van der Waals surface area contributed by atoms with Gasteiger partial charge in [-0.2, -0.15) is 0 Å². The van der Waals surface area contributed by atoms with Crippen LogP contribution in [0.15, 0.2) is 107 Å². The zero-order valence-electron chi connectivity index (χ0n) is 24.6. The Morgan fingerprint density at radius 3 is 2.32 bits per heavy atom. The van der Waals surface area contributed by atoms with Gasteiger partial charge in [-0.1, -0.05) is 68.0 Å². The molecule has 0 aliphatic heterocycles. The van der Waals surface area contributed by atoms with Crippen LogP contribution in [0.3, 0.4) is 0 Å². The molecule has 44 heavy (non-hydrogen) atoms. The van der Waals surface area contributed by atoms with Gasteiger partial charge in [0.15, 0.2) is 0 Å². The third-order valence-electron chi connectivity index (χ3n) is 6.86. The number of benzene rings is 4. The summed E-state index contributed by atoms with van der Waals surface area (Å²) < 4.78 is 29.2. The molecule has 11 heteroatoms. The lowest BCUT2D eigenvalue weighted by atomic mass is 10.1. The van der Waals surface area contributed by atoms with Gasteiger partial charge in [0.2, 0.25) is 15.9 Å². The van der Waals surface area contributed by atoms with Crippen molar-refractivity contribution >= 4 is 50.3 Å². The van der Waals surface area contributed by atoms with E-state index in [4.69, 9.17) is 27.8 Å². The first-order valence-corrected chi connectivity index (χ1v) is 15.9. The predicted octanol–water partition coefficient (Wildman–Crippen LogP) is 5.34. The number of sulfonamides is 1. The highest BCUT2D eigenvalue weighted by Crippen LogP contribution is 2.27. The summed E-state index contributed by atoms with van der Waals surface area (Å²) in [4.78, 5) is 20.0. The number of amidine groups is 1. The monoisotopic (exact) mass is 629 g/mol. The van der Waals surface area contributed by atoms with E-state index in [9.17, 15) is 13.2 Å². The Balaban J connectivity index is 1.48. The van der Waals surface area contributed by atoms with E-state index in [0.717, 1.165) is 29.8 Å². The number of nitrogens with one attached hydrogen (secondary N) is 1. The Hall–Kier alpha value is -4.58. The Bertz CT molecular complexity index is 1760. The van der Waals surface area contributed by atoms with E-state index in [1.807, 2.05) is 53.4 Å². The van der Waals surface area contributed by atoms with Crippen molar-refractivity contribution < 1.29 is 17.9 Å². The van der Waals surface area contributed by atoms with Gasteiger partial charge < -0.3 is 20.7 Å². The largest absolute Gasteiger partial charge is 0.497 e. The number of ether oxygens (including phenoxy) is 1. The van der Waals surface area contributed by atoms with Crippen LogP contribution in [0, 0.1) is 0 Å². The second-order valence-corrected chi connectivity index (χ2v) is 11.9. The van der Waals surface area contributed by atoms with Gasteiger partial charge in [-0.05, 0) is 66.6 Å². The summed E-state index contributed by atoms with van der Waals surface area (Å²) >= 11 is 5.49. The van der Waals surface area contributed by atoms with Crippen molar-refractivity contribution in [2.45, 2.75) is 24.7 Å². The fourth-order valence-electron chi connectivity index (χ4n) is 4.54. The van der Waals surface area contributed by atoms with E-state index >= 15 is 0 Å². The van der Waals surface area contributed by atoms with Gasteiger partial charge in [-0.25, -0.2) is 18.5 Å². The zero-order valence-corrected chi connectivity index (χ0v) is 26.2. The number of anilines is 2. The zero-order chi connectivity index (χ0) is 31.7. The summed E-state index contributed by atoms with van der Waals surface area (Å²) in [5.41, 5.74) is 10.4. The predicted molar refractivity (Wildman–Crippen MR) is 181 cm³/mol. The number of rotatable bonds is 12. The first-order chi connectivity index (χ1) is 21.1. The van der Waals surface area contributed by atoms with Gasteiger partial charge in [0.05, 0.1) is 18.6 Å². The quantitative estimate of drug-likeness (QED) is 0.109. The van der Waals surface area contributed by atoms with E-state index in [-0.39, 0.29) is 23.2 Å². The average molecular weight is 630 g/mol. The normalized spacial score (nSPS) is 11.6. The smallest absolute Gasteiger partial charge is 0.243 e. The maximum Gasteiger partial charge on any atom is 0.243 e. The number of thiocarbonyl (C=S) groups is 1. The first kappa shape index (κ1) is 32.3. The molecule has 4 rings (SSSR count). The van der Waals surface area contributed by atoms with Gasteiger partial charge >= 0.3 is 0 Å². The van der Waals surface area contributed by atoms with Crippen LogP contribution in [0.2, 0.25) is 0 Å². The number of nitrogens with zero attached hydrogens (tertiary/aromatic N) is 2. The number of methoxy groups -OCH3 is 1. The molecule has 0 spiro atoms. The van der Waals surface area contributed by atoms with Crippen molar-refractivity contribution in [2.75, 3.05) is 30.4 Å². The Labute approximate surface area is 263 Å². The van der Waals surface area contributed by atoms with Crippen LogP contribution in [0.25, 0.3) is 11.1 Å². The number of hydrogen-bond donors (Lipinski definition) is 3. The maximum atomic E-state index is 13.1. The first-order valence-electron chi connectivity index (χ1n) is 14.0. The van der Waals surface area contributed by atoms with Crippen molar-refractivity contribution in [1.82, 2.24) is 0 Å². The lowest BCUT2D eigenvalue weighted by Gasteiger charge is -2.25. The molecule has 4 aromatic rings. The molecular weight excluding hydrogens is 595 g/mol. The molecule has 1 amide bonds. The average Bonchev–Trinajstić information content (AvgIpc) is 3.03. The minimum atomic E-state index is -3.89. The molecule has 0 saturated heterocycles. The molecule has 0 radical (unpaired) electrons. The topological polar surface area (TPSA) is 140 Å². The minimum absolute atomic E-state index is 0.0406. The van der Waals surface area contributed by atoms with Crippen LogP contribution in [0.1, 0.15) is 30.9 Å². The van der Waals surface area contributed by atoms with E-state index in [0.29, 0.717) is 33.9 Å². The molecule has 0 bridgehead atoms. The number of primary sulfonamides is 1. The number of aliphatic imine (C=N–C) groups is 1. The Morgan fingerprint density at radius 2 is 1.66 bits per heavy atom. The SMILES string of the molecule is CCCCN(CC(=O)Nc1ccc(-c2ccccc2S(N)(=O)=O)cc1)c1cccc(C(N)=NC(=S)c2ccc(OC)cc2)c1. The van der Waals surface area contributed by atoms with Crippen LogP contribution in [0.5, 0.6) is 5.75 Å². The molecule has 0 aliphatic carbocycles. The molecule has 5 N–H and O–H groups in total. The van der Waals surface area contributed by atoms with Crippen molar-refractivity contribution in [2.24, 2.45) is 15.9 Å². The van der Waals surface area contributed by atoms with E-state index < -0.39 is 10.0 Å². The highest BCUT2D eigenvalue weighted by Gasteiger charge is 2.16. The van der Waals surface area contributed by atoms with Gasteiger partial charge in [-0.15, -0.1) is 0 Å². The Kier molecular flexibility index (Phi) is 10.8. The highest BCUT2D eigenvalue weighted by molar-refractivity contribution is 7.89. The van der Waals surface area contributed by atoms with Crippen LogP contribution < -0.4 is 25.8 Å². The van der Waals surface area contributed by atoms with Crippen molar-refractivity contribution in [3.05, 3.63) is 108 Å². The lowest BCUT2D eigenvalue weighted by molar-refractivity contribution is -0.115. The summed E-state index contributed by atoms with van der Waals surface area (Å²) in [5.74, 6) is 0.795. The molecule has 0 saturated carbocycles. The summed E-state index contributed by atoms with van der Waals surface area (Å²) in [5, 5.41) is 8.32. The minimum Gasteiger partial charge on any atom is -0.497 e. The molecule has 0 fully saturated rings. The third kappa shape index (κ3) is 8.50. The maximum absolute atomic E-state index is 13.1. The number of unbranched alkanes of at least 4 members (excludes halogenated alkanes) is 1. The van der Waals surface area contributed by atoms with Crippen molar-refractivity contribution in [3.63, 3.8) is 0 Å².